The van der Waals surface area contributed by atoms with Crippen LogP contribution in [0.1, 0.15) is 27.7 Å². The SMILES string of the molecule is [C-]#[N+]c1cc(O)cc(OC(=O)C(=C)C)c1.[C-]#[N+]c1ccc(O)c(OC(=O)C(=C)C)c1.[C-]#[N+]c1ccc(O)cc1OC(=O)C(=C)C.[C-]#[N+]c1cccc(O)c1OC(=O)C(=C)C. The van der Waals surface area contributed by atoms with E-state index >= 15 is 0 Å². The lowest BCUT2D eigenvalue weighted by atomic mass is 10.2. The molecule has 0 saturated carbocycles. The van der Waals surface area contributed by atoms with Crippen LogP contribution in [0.15, 0.2) is 121 Å². The molecule has 16 heteroatoms. The van der Waals surface area contributed by atoms with Gasteiger partial charge in [-0.05, 0) is 70.2 Å². The molecule has 0 aromatic heterocycles. The molecule has 0 aliphatic rings. The third kappa shape index (κ3) is 16.3. The molecule has 4 aromatic rings. The number of nitrogens with zero attached hydrogens (tertiary/aromatic N) is 4. The van der Waals surface area contributed by atoms with Gasteiger partial charge in [0.25, 0.3) is 0 Å². The van der Waals surface area contributed by atoms with Crippen LogP contribution in [-0.2, 0) is 19.2 Å². The fourth-order valence-electron chi connectivity index (χ4n) is 3.48. The van der Waals surface area contributed by atoms with Gasteiger partial charge in [0.2, 0.25) is 11.4 Å². The number of hydrogen-bond acceptors (Lipinski definition) is 12. The van der Waals surface area contributed by atoms with E-state index in [0.717, 1.165) is 0 Å². The summed E-state index contributed by atoms with van der Waals surface area (Å²) in [6.07, 6.45) is 0. The molecule has 0 aliphatic heterocycles. The molecular formula is C44H36N4O12. The third-order valence-electron chi connectivity index (χ3n) is 6.44. The van der Waals surface area contributed by atoms with Crippen molar-refractivity contribution < 1.29 is 58.6 Å². The molecule has 0 radical (unpaired) electrons. The lowest BCUT2D eigenvalue weighted by Gasteiger charge is -2.07. The standard InChI is InChI=1S/4C11H9NO3/c1-7(2)11(14)15-10-5-8(12-3)4-9(13)6-10;1-7(2)11(14)15-10-6-8(13)4-5-9(10)12-3;1-7(2)11(14)15-10-6-8(12-3)4-5-9(10)13;1-7(2)11(14)15-10-8(12-3)5-4-6-9(10)13/h4*4-6,13H,1H2,2H3. The Balaban J connectivity index is 0.000000400. The maximum Gasteiger partial charge on any atom is 0.338 e. The highest BCUT2D eigenvalue weighted by Crippen LogP contribution is 2.37. The number of ether oxygens (including phenoxy) is 4. The van der Waals surface area contributed by atoms with Crippen molar-refractivity contribution in [2.45, 2.75) is 27.7 Å². The van der Waals surface area contributed by atoms with Gasteiger partial charge in [-0.25, -0.2) is 38.6 Å². The average molecular weight is 813 g/mol. The minimum atomic E-state index is -0.665. The molecule has 60 heavy (non-hydrogen) atoms. The van der Waals surface area contributed by atoms with Crippen molar-refractivity contribution in [3.63, 3.8) is 0 Å². The second-order valence-corrected chi connectivity index (χ2v) is 11.7. The summed E-state index contributed by atoms with van der Waals surface area (Å²) in [7, 11) is 0. The van der Waals surface area contributed by atoms with E-state index in [1.54, 1.807) is 0 Å². The molecule has 0 spiro atoms. The fraction of sp³-hybridized carbons (Fsp3) is 0.0909. The highest BCUT2D eigenvalue weighted by atomic mass is 16.6. The number of phenols is 4. The second kappa shape index (κ2) is 23.7. The predicted molar refractivity (Wildman–Crippen MR) is 219 cm³/mol. The van der Waals surface area contributed by atoms with Crippen molar-refractivity contribution in [1.82, 2.24) is 0 Å². The Morgan fingerprint density at radius 1 is 0.483 bits per heavy atom. The Kier molecular flexibility index (Phi) is 19.3. The van der Waals surface area contributed by atoms with Gasteiger partial charge in [0.15, 0.2) is 28.6 Å². The summed E-state index contributed by atoms with van der Waals surface area (Å²) in [5.41, 5.74) is 1.66. The van der Waals surface area contributed by atoms with E-state index in [1.165, 1.54) is 100 Å². The number of hydrogen-bond donors (Lipinski definition) is 4. The molecule has 0 unspecified atom stereocenters. The smallest absolute Gasteiger partial charge is 0.338 e. The highest BCUT2D eigenvalue weighted by molar-refractivity contribution is 5.91. The largest absolute Gasteiger partial charge is 0.509 e. The summed E-state index contributed by atoms with van der Waals surface area (Å²) in [6, 6.07) is 16.2. The van der Waals surface area contributed by atoms with Crippen molar-refractivity contribution >= 4 is 46.6 Å². The number of rotatable bonds is 8. The maximum absolute atomic E-state index is 11.2. The van der Waals surface area contributed by atoms with Crippen LogP contribution in [0, 0.1) is 26.3 Å². The molecule has 0 saturated heterocycles. The van der Waals surface area contributed by atoms with E-state index in [0.29, 0.717) is 0 Å². The van der Waals surface area contributed by atoms with Gasteiger partial charge in [-0.2, -0.15) is 0 Å². The number of esters is 4. The number of carbonyl (C=O) groups excluding carboxylic acids is 4. The summed E-state index contributed by atoms with van der Waals surface area (Å²) in [6.45, 7) is 46.8. The molecule has 304 valence electrons. The van der Waals surface area contributed by atoms with Crippen LogP contribution in [0.3, 0.4) is 0 Å². The van der Waals surface area contributed by atoms with E-state index in [9.17, 15) is 34.5 Å². The molecular weight excluding hydrogens is 776 g/mol. The van der Waals surface area contributed by atoms with Gasteiger partial charge in [0, 0.05) is 34.4 Å². The van der Waals surface area contributed by atoms with E-state index in [2.05, 4.69) is 45.7 Å². The van der Waals surface area contributed by atoms with Gasteiger partial charge in [-0.15, -0.1) is 0 Å². The highest BCUT2D eigenvalue weighted by Gasteiger charge is 2.15. The summed E-state index contributed by atoms with van der Waals surface area (Å²) < 4.78 is 19.4. The zero-order valence-corrected chi connectivity index (χ0v) is 32.6. The maximum atomic E-state index is 11.2. The first-order chi connectivity index (χ1) is 28.2. The number of phenolic OH excluding ortho intramolecular Hbond substituents is 4. The van der Waals surface area contributed by atoms with Crippen LogP contribution < -0.4 is 18.9 Å². The Morgan fingerprint density at radius 3 is 1.52 bits per heavy atom. The van der Waals surface area contributed by atoms with E-state index in [4.69, 9.17) is 50.3 Å². The lowest BCUT2D eigenvalue weighted by Crippen LogP contribution is -2.08. The zero-order chi connectivity index (χ0) is 45.7. The van der Waals surface area contributed by atoms with Crippen LogP contribution in [0.4, 0.5) is 22.7 Å². The fourth-order valence-corrected chi connectivity index (χ4v) is 3.48. The Hall–Kier alpha value is -9.12. The normalized spacial score (nSPS) is 9.07. The predicted octanol–water partition coefficient (Wildman–Crippen LogP) is 9.70. The summed E-state index contributed by atoms with van der Waals surface area (Å²) >= 11 is 0. The number of benzene rings is 4. The van der Waals surface area contributed by atoms with Crippen LogP contribution in [0.2, 0.25) is 0 Å². The number of aromatic hydroxyl groups is 4. The van der Waals surface area contributed by atoms with Crippen LogP contribution in [0.5, 0.6) is 46.0 Å². The molecule has 0 amide bonds. The first-order valence-corrected chi connectivity index (χ1v) is 16.5. The zero-order valence-electron chi connectivity index (χ0n) is 32.6. The molecule has 4 N–H and O–H groups in total. The summed E-state index contributed by atoms with van der Waals surface area (Å²) in [5.74, 6) is -3.09. The monoisotopic (exact) mass is 812 g/mol. The third-order valence-corrected chi connectivity index (χ3v) is 6.44. The molecule has 0 heterocycles. The average Bonchev–Trinajstić information content (AvgIpc) is 3.19. The number of para-hydroxylation sites is 1. The van der Waals surface area contributed by atoms with Crippen molar-refractivity contribution in [2.75, 3.05) is 0 Å². The molecule has 4 aromatic carbocycles. The van der Waals surface area contributed by atoms with Gasteiger partial charge in [0.1, 0.15) is 28.7 Å². The number of carbonyl (C=O) groups is 4. The van der Waals surface area contributed by atoms with Crippen molar-refractivity contribution in [3.05, 3.63) is 167 Å². The molecule has 0 bridgehead atoms. The second-order valence-electron chi connectivity index (χ2n) is 11.7. The van der Waals surface area contributed by atoms with Gasteiger partial charge in [-0.3, -0.25) is 0 Å². The first-order valence-electron chi connectivity index (χ1n) is 16.5. The minimum Gasteiger partial charge on any atom is -0.509 e. The van der Waals surface area contributed by atoms with Gasteiger partial charge >= 0.3 is 23.9 Å². The van der Waals surface area contributed by atoms with Crippen LogP contribution in [-0.4, -0.2) is 44.3 Å². The van der Waals surface area contributed by atoms with E-state index in [1.807, 2.05) is 0 Å². The molecule has 16 nitrogen and oxygen atoms in total. The summed E-state index contributed by atoms with van der Waals surface area (Å²) in [5, 5.41) is 37.1. The Bertz CT molecular complexity index is 2530. The van der Waals surface area contributed by atoms with Crippen molar-refractivity contribution in [1.29, 1.82) is 0 Å². The summed E-state index contributed by atoms with van der Waals surface area (Å²) in [4.78, 5) is 57.2. The van der Waals surface area contributed by atoms with Gasteiger partial charge in [-0.1, -0.05) is 44.5 Å². The minimum absolute atomic E-state index is 0.0310. The van der Waals surface area contributed by atoms with Gasteiger partial charge in [0.05, 0.1) is 26.3 Å². The molecule has 0 aliphatic carbocycles. The Morgan fingerprint density at radius 2 is 1.00 bits per heavy atom. The molecule has 0 atom stereocenters. The van der Waals surface area contributed by atoms with Crippen molar-refractivity contribution in [2.24, 2.45) is 0 Å². The van der Waals surface area contributed by atoms with Crippen molar-refractivity contribution in [3.8, 4) is 46.0 Å². The van der Waals surface area contributed by atoms with Crippen LogP contribution in [0.25, 0.3) is 19.4 Å². The molecule has 4 rings (SSSR count). The van der Waals surface area contributed by atoms with E-state index in [-0.39, 0.29) is 91.0 Å². The Labute approximate surface area is 345 Å². The van der Waals surface area contributed by atoms with E-state index < -0.39 is 23.9 Å². The van der Waals surface area contributed by atoms with Crippen LogP contribution >= 0.6 is 0 Å². The lowest BCUT2D eigenvalue weighted by molar-refractivity contribution is -0.131. The molecule has 0 fully saturated rings. The quantitative estimate of drug-likeness (QED) is 0.0568. The van der Waals surface area contributed by atoms with Gasteiger partial charge < -0.3 is 39.4 Å². The topological polar surface area (TPSA) is 204 Å². The first kappa shape index (κ1) is 48.9.